The minimum Gasteiger partial charge on any atom is -0.312 e. The van der Waals surface area contributed by atoms with Crippen LogP contribution in [0.15, 0.2) is 0 Å². The van der Waals surface area contributed by atoms with Gasteiger partial charge in [-0.25, -0.2) is 0 Å². The molecule has 1 fully saturated rings. The highest BCUT2D eigenvalue weighted by Gasteiger charge is 2.42. The van der Waals surface area contributed by atoms with Gasteiger partial charge in [0.15, 0.2) is 0 Å². The molecular formula is C12H22Cl3N2O+. The van der Waals surface area contributed by atoms with Crippen LogP contribution in [0.3, 0.4) is 0 Å². The van der Waals surface area contributed by atoms with Crippen LogP contribution < -0.4 is 10.2 Å². The maximum atomic E-state index is 11.8. The van der Waals surface area contributed by atoms with Gasteiger partial charge in [-0.1, -0.05) is 48.1 Å². The zero-order valence-corrected chi connectivity index (χ0v) is 13.0. The van der Waals surface area contributed by atoms with Crippen LogP contribution in [0.1, 0.15) is 45.4 Å². The normalized spacial score (nSPS) is 19.6. The molecule has 0 aromatic heterocycles. The van der Waals surface area contributed by atoms with Gasteiger partial charge in [0, 0.05) is 6.42 Å². The number of alkyl halides is 3. The Balaban J connectivity index is 2.58. The van der Waals surface area contributed by atoms with Gasteiger partial charge in [0.2, 0.25) is 12.1 Å². The molecule has 106 valence electrons. The third-order valence-electron chi connectivity index (χ3n) is 3.29. The van der Waals surface area contributed by atoms with Gasteiger partial charge in [-0.15, -0.1) is 0 Å². The number of carbonyl (C=O) groups excluding carboxylic acids is 1. The number of nitrogens with one attached hydrogen (secondary N) is 2. The van der Waals surface area contributed by atoms with Gasteiger partial charge in [-0.05, 0) is 25.7 Å². The molecule has 1 saturated heterocycles. The van der Waals surface area contributed by atoms with E-state index in [1.807, 2.05) is 0 Å². The largest absolute Gasteiger partial charge is 0.312 e. The Morgan fingerprint density at radius 1 is 1.28 bits per heavy atom. The molecule has 1 rings (SSSR count). The van der Waals surface area contributed by atoms with Crippen LogP contribution in [-0.2, 0) is 4.79 Å². The number of unbranched alkanes of at least 4 members (excludes halogenated alkanes) is 1. The minimum atomic E-state index is -1.45. The molecule has 0 aliphatic carbocycles. The smallest absolute Gasteiger partial charge is 0.262 e. The lowest BCUT2D eigenvalue weighted by Crippen LogP contribution is -3.20. The summed E-state index contributed by atoms with van der Waals surface area (Å²) in [6, 6.07) is 0. The molecule has 0 spiro atoms. The lowest BCUT2D eigenvalue weighted by molar-refractivity contribution is -0.931. The Morgan fingerprint density at radius 3 is 2.39 bits per heavy atom. The van der Waals surface area contributed by atoms with Crippen molar-refractivity contribution in [1.29, 1.82) is 0 Å². The summed E-state index contributed by atoms with van der Waals surface area (Å²) in [5, 5.41) is 2.89. The van der Waals surface area contributed by atoms with E-state index in [1.165, 1.54) is 11.3 Å². The first-order valence-corrected chi connectivity index (χ1v) is 7.79. The Labute approximate surface area is 124 Å². The van der Waals surface area contributed by atoms with E-state index in [0.717, 1.165) is 38.8 Å². The number of piperidine rings is 1. The molecule has 6 heteroatoms. The van der Waals surface area contributed by atoms with Crippen LogP contribution in [0.5, 0.6) is 0 Å². The molecule has 18 heavy (non-hydrogen) atoms. The number of halogens is 3. The van der Waals surface area contributed by atoms with E-state index in [1.54, 1.807) is 0 Å². The van der Waals surface area contributed by atoms with E-state index in [9.17, 15) is 4.79 Å². The predicted octanol–water partition coefficient (Wildman–Crippen LogP) is 2.06. The number of amides is 1. The summed E-state index contributed by atoms with van der Waals surface area (Å²) >= 11 is 18.0. The number of hydrogen-bond acceptors (Lipinski definition) is 1. The summed E-state index contributed by atoms with van der Waals surface area (Å²) < 4.78 is -1.45. The fourth-order valence-corrected chi connectivity index (χ4v) is 2.91. The molecule has 0 saturated carbocycles. The van der Waals surface area contributed by atoms with E-state index in [-0.39, 0.29) is 5.91 Å². The highest BCUT2D eigenvalue weighted by atomic mass is 35.6. The second-order valence-electron chi connectivity index (χ2n) is 4.86. The molecule has 1 aliphatic heterocycles. The Morgan fingerprint density at radius 2 is 1.89 bits per heavy atom. The fraction of sp³-hybridized carbons (Fsp3) is 0.917. The van der Waals surface area contributed by atoms with Crippen molar-refractivity contribution in [2.45, 2.75) is 55.4 Å². The first kappa shape index (κ1) is 16.4. The van der Waals surface area contributed by atoms with Crippen molar-refractivity contribution in [2.75, 3.05) is 13.1 Å². The Kier molecular flexibility index (Phi) is 7.07. The van der Waals surface area contributed by atoms with Gasteiger partial charge < -0.3 is 10.2 Å². The van der Waals surface area contributed by atoms with E-state index in [4.69, 9.17) is 34.8 Å². The summed E-state index contributed by atoms with van der Waals surface area (Å²) in [6.45, 7) is 3.95. The van der Waals surface area contributed by atoms with Crippen molar-refractivity contribution >= 4 is 40.7 Å². The number of carbonyl (C=O) groups is 1. The van der Waals surface area contributed by atoms with Crippen molar-refractivity contribution in [2.24, 2.45) is 0 Å². The van der Waals surface area contributed by atoms with Crippen LogP contribution in [0.25, 0.3) is 0 Å². The summed E-state index contributed by atoms with van der Waals surface area (Å²) in [4.78, 5) is 13.0. The van der Waals surface area contributed by atoms with E-state index in [2.05, 4.69) is 12.2 Å². The zero-order chi connectivity index (χ0) is 13.6. The first-order valence-electron chi connectivity index (χ1n) is 6.65. The topological polar surface area (TPSA) is 33.5 Å². The highest BCUT2D eigenvalue weighted by Crippen LogP contribution is 2.28. The molecule has 1 amide bonds. The molecule has 0 aromatic carbocycles. The third kappa shape index (κ3) is 5.52. The van der Waals surface area contributed by atoms with Gasteiger partial charge >= 0.3 is 0 Å². The zero-order valence-electron chi connectivity index (χ0n) is 10.8. The summed E-state index contributed by atoms with van der Waals surface area (Å²) in [7, 11) is 0. The average Bonchev–Trinajstić information content (AvgIpc) is 2.33. The molecular weight excluding hydrogens is 295 g/mol. The minimum absolute atomic E-state index is 0.0220. The quantitative estimate of drug-likeness (QED) is 0.748. The number of likely N-dealkylation sites (tertiary alicyclic amines) is 1. The van der Waals surface area contributed by atoms with E-state index < -0.39 is 9.96 Å². The Hall–Kier alpha value is 0.300. The van der Waals surface area contributed by atoms with Crippen molar-refractivity contribution < 1.29 is 9.69 Å². The molecule has 1 aliphatic rings. The summed E-state index contributed by atoms with van der Waals surface area (Å²) in [5.41, 5.74) is 0. The molecule has 0 radical (unpaired) electrons. The van der Waals surface area contributed by atoms with Crippen molar-refractivity contribution in [3.05, 3.63) is 0 Å². The van der Waals surface area contributed by atoms with Crippen LogP contribution in [0.2, 0.25) is 0 Å². The molecule has 2 N–H and O–H groups in total. The van der Waals surface area contributed by atoms with Gasteiger partial charge in [0.25, 0.3) is 3.79 Å². The summed E-state index contributed by atoms with van der Waals surface area (Å²) in [6.07, 6.45) is 5.39. The van der Waals surface area contributed by atoms with Gasteiger partial charge in [-0.2, -0.15) is 0 Å². The number of hydrogen-bond donors (Lipinski definition) is 2. The molecule has 3 nitrogen and oxygen atoms in total. The molecule has 0 aromatic rings. The molecule has 0 unspecified atom stereocenters. The first-order chi connectivity index (χ1) is 8.45. The standard InChI is InChI=1S/C12H21Cl3N2O/c1-2-3-7-10(18)16-11(12(13,14)15)17-8-5-4-6-9-17/h11H,2-9H2,1H3,(H,16,18)/p+1/t11-/m1/s1. The van der Waals surface area contributed by atoms with Crippen molar-refractivity contribution in [1.82, 2.24) is 5.32 Å². The molecule has 1 heterocycles. The van der Waals surface area contributed by atoms with Gasteiger partial charge in [0.05, 0.1) is 13.1 Å². The Bertz CT molecular complexity index is 263. The van der Waals surface area contributed by atoms with Gasteiger partial charge in [0.1, 0.15) is 0 Å². The average molecular weight is 317 g/mol. The fourth-order valence-electron chi connectivity index (χ4n) is 2.28. The van der Waals surface area contributed by atoms with E-state index >= 15 is 0 Å². The lowest BCUT2D eigenvalue weighted by atomic mass is 10.1. The number of rotatable bonds is 5. The third-order valence-corrected chi connectivity index (χ3v) is 3.95. The molecule has 1 atom stereocenters. The van der Waals surface area contributed by atoms with Crippen molar-refractivity contribution in [3.8, 4) is 0 Å². The summed E-state index contributed by atoms with van der Waals surface area (Å²) in [5.74, 6) is -0.0220. The lowest BCUT2D eigenvalue weighted by Gasteiger charge is -2.35. The monoisotopic (exact) mass is 315 g/mol. The highest BCUT2D eigenvalue weighted by molar-refractivity contribution is 6.68. The van der Waals surface area contributed by atoms with Crippen molar-refractivity contribution in [3.63, 3.8) is 0 Å². The van der Waals surface area contributed by atoms with Crippen LogP contribution in [0, 0.1) is 0 Å². The number of quaternary nitrogens is 1. The second kappa shape index (κ2) is 7.78. The predicted molar refractivity (Wildman–Crippen MR) is 76.3 cm³/mol. The van der Waals surface area contributed by atoms with Crippen LogP contribution in [-0.4, -0.2) is 29.0 Å². The van der Waals surface area contributed by atoms with E-state index in [0.29, 0.717) is 6.42 Å². The van der Waals surface area contributed by atoms with Gasteiger partial charge in [-0.3, -0.25) is 4.79 Å². The maximum Gasteiger partial charge on any atom is 0.262 e. The maximum absolute atomic E-state index is 11.8. The van der Waals surface area contributed by atoms with Crippen LogP contribution >= 0.6 is 34.8 Å². The van der Waals surface area contributed by atoms with Crippen LogP contribution in [0.4, 0.5) is 0 Å². The SMILES string of the molecule is CCCCC(=O)N[C@H]([NH+]1CCCCC1)C(Cl)(Cl)Cl. The second-order valence-corrected chi connectivity index (χ2v) is 7.23. The molecule has 0 bridgehead atoms.